The Morgan fingerprint density at radius 2 is 1.82 bits per heavy atom. The number of methoxy groups -OCH3 is 1. The van der Waals surface area contributed by atoms with Gasteiger partial charge in [0.2, 0.25) is 0 Å². The van der Waals surface area contributed by atoms with Crippen LogP contribution in [-0.4, -0.2) is 30.7 Å². The zero-order valence-corrected chi connectivity index (χ0v) is 11.5. The predicted octanol–water partition coefficient (Wildman–Crippen LogP) is 1.64. The standard InChI is InChI=1S/C13H23N3O/c1-9(7-14-4)6-12-10(2)15-13(8-17-5)16-11(12)3/h9,14H,6-8H2,1-5H3. The Hall–Kier alpha value is -1.00. The molecular formula is C13H23N3O. The van der Waals surface area contributed by atoms with Gasteiger partial charge in [0.25, 0.3) is 0 Å². The number of rotatable bonds is 6. The number of ether oxygens (including phenoxy) is 1. The van der Waals surface area contributed by atoms with Gasteiger partial charge in [-0.2, -0.15) is 0 Å². The van der Waals surface area contributed by atoms with Gasteiger partial charge < -0.3 is 10.1 Å². The van der Waals surface area contributed by atoms with Crippen LogP contribution >= 0.6 is 0 Å². The number of aromatic nitrogens is 2. The summed E-state index contributed by atoms with van der Waals surface area (Å²) in [5, 5.41) is 3.20. The van der Waals surface area contributed by atoms with E-state index in [1.165, 1.54) is 5.56 Å². The van der Waals surface area contributed by atoms with Crippen LogP contribution in [0, 0.1) is 19.8 Å². The topological polar surface area (TPSA) is 47.0 Å². The summed E-state index contributed by atoms with van der Waals surface area (Å²) in [6, 6.07) is 0. The summed E-state index contributed by atoms with van der Waals surface area (Å²) in [6.07, 6.45) is 1.02. The van der Waals surface area contributed by atoms with Crippen molar-refractivity contribution in [1.82, 2.24) is 15.3 Å². The van der Waals surface area contributed by atoms with Crippen LogP contribution < -0.4 is 5.32 Å². The predicted molar refractivity (Wildman–Crippen MR) is 69.0 cm³/mol. The lowest BCUT2D eigenvalue weighted by atomic mass is 9.99. The fourth-order valence-electron chi connectivity index (χ4n) is 2.07. The molecule has 0 amide bonds. The van der Waals surface area contributed by atoms with Gasteiger partial charge in [0, 0.05) is 18.5 Å². The maximum absolute atomic E-state index is 5.06. The third-order valence-electron chi connectivity index (χ3n) is 2.85. The number of hydrogen-bond donors (Lipinski definition) is 1. The first kappa shape index (κ1) is 14.1. The van der Waals surface area contributed by atoms with E-state index in [1.807, 2.05) is 7.05 Å². The second kappa shape index (κ2) is 6.67. The molecular weight excluding hydrogens is 214 g/mol. The van der Waals surface area contributed by atoms with Gasteiger partial charge in [-0.3, -0.25) is 0 Å². The Bertz CT molecular complexity index is 343. The van der Waals surface area contributed by atoms with Crippen molar-refractivity contribution in [1.29, 1.82) is 0 Å². The third-order valence-corrected chi connectivity index (χ3v) is 2.85. The Morgan fingerprint density at radius 3 is 2.29 bits per heavy atom. The van der Waals surface area contributed by atoms with Crippen molar-refractivity contribution in [3.05, 3.63) is 22.8 Å². The van der Waals surface area contributed by atoms with E-state index < -0.39 is 0 Å². The second-order valence-corrected chi connectivity index (χ2v) is 4.59. The molecule has 1 heterocycles. The molecule has 17 heavy (non-hydrogen) atoms. The summed E-state index contributed by atoms with van der Waals surface area (Å²) >= 11 is 0. The van der Waals surface area contributed by atoms with E-state index in [-0.39, 0.29) is 0 Å². The molecule has 4 nitrogen and oxygen atoms in total. The van der Waals surface area contributed by atoms with E-state index >= 15 is 0 Å². The average Bonchev–Trinajstić information content (AvgIpc) is 2.24. The third kappa shape index (κ3) is 4.06. The Morgan fingerprint density at radius 1 is 1.24 bits per heavy atom. The zero-order chi connectivity index (χ0) is 12.8. The SMILES string of the molecule is CNCC(C)Cc1c(C)nc(COC)nc1C. The van der Waals surface area contributed by atoms with Crippen molar-refractivity contribution in [2.75, 3.05) is 20.7 Å². The van der Waals surface area contributed by atoms with Gasteiger partial charge in [0.15, 0.2) is 5.82 Å². The van der Waals surface area contributed by atoms with E-state index in [0.717, 1.165) is 30.2 Å². The quantitative estimate of drug-likeness (QED) is 0.817. The fourth-order valence-corrected chi connectivity index (χ4v) is 2.07. The van der Waals surface area contributed by atoms with Gasteiger partial charge in [-0.25, -0.2) is 9.97 Å². The minimum absolute atomic E-state index is 0.480. The minimum atomic E-state index is 0.480. The lowest BCUT2D eigenvalue weighted by Crippen LogP contribution is -2.19. The Balaban J connectivity index is 2.85. The molecule has 1 aromatic heterocycles. The number of nitrogens with one attached hydrogen (secondary N) is 1. The van der Waals surface area contributed by atoms with Gasteiger partial charge in [-0.05, 0) is 45.3 Å². The Labute approximate surface area is 104 Å². The number of hydrogen-bond acceptors (Lipinski definition) is 4. The lowest BCUT2D eigenvalue weighted by molar-refractivity contribution is 0.177. The maximum Gasteiger partial charge on any atom is 0.154 e. The molecule has 1 aromatic rings. The van der Waals surface area contributed by atoms with Crippen molar-refractivity contribution in [2.45, 2.75) is 33.8 Å². The Kier molecular flexibility index (Phi) is 5.51. The summed E-state index contributed by atoms with van der Waals surface area (Å²) in [7, 11) is 3.64. The molecule has 0 aliphatic carbocycles. The van der Waals surface area contributed by atoms with Gasteiger partial charge >= 0.3 is 0 Å². The molecule has 0 saturated heterocycles. The largest absolute Gasteiger partial charge is 0.377 e. The van der Waals surface area contributed by atoms with Crippen LogP contribution in [0.2, 0.25) is 0 Å². The van der Waals surface area contributed by atoms with Crippen molar-refractivity contribution in [3.8, 4) is 0 Å². The van der Waals surface area contributed by atoms with Crippen molar-refractivity contribution in [2.24, 2.45) is 5.92 Å². The van der Waals surface area contributed by atoms with Crippen LogP contribution in [0.5, 0.6) is 0 Å². The first-order valence-corrected chi connectivity index (χ1v) is 6.05. The van der Waals surface area contributed by atoms with Crippen LogP contribution in [0.3, 0.4) is 0 Å². The average molecular weight is 237 g/mol. The molecule has 0 radical (unpaired) electrons. The number of nitrogens with zero attached hydrogens (tertiary/aromatic N) is 2. The summed E-state index contributed by atoms with van der Waals surface area (Å²) in [4.78, 5) is 8.96. The highest BCUT2D eigenvalue weighted by Crippen LogP contribution is 2.15. The minimum Gasteiger partial charge on any atom is -0.377 e. The highest BCUT2D eigenvalue weighted by molar-refractivity contribution is 5.24. The van der Waals surface area contributed by atoms with E-state index in [9.17, 15) is 0 Å². The van der Waals surface area contributed by atoms with Crippen LogP contribution in [0.15, 0.2) is 0 Å². The molecule has 96 valence electrons. The van der Waals surface area contributed by atoms with Crippen LogP contribution in [-0.2, 0) is 17.8 Å². The highest BCUT2D eigenvalue weighted by atomic mass is 16.5. The molecule has 0 fully saturated rings. The van der Waals surface area contributed by atoms with Crippen LogP contribution in [0.1, 0.15) is 29.7 Å². The van der Waals surface area contributed by atoms with Crippen LogP contribution in [0.25, 0.3) is 0 Å². The summed E-state index contributed by atoms with van der Waals surface area (Å²) in [5.41, 5.74) is 3.42. The molecule has 1 N–H and O–H groups in total. The smallest absolute Gasteiger partial charge is 0.154 e. The molecule has 0 aliphatic rings. The zero-order valence-electron chi connectivity index (χ0n) is 11.5. The fraction of sp³-hybridized carbons (Fsp3) is 0.692. The summed E-state index contributed by atoms with van der Waals surface area (Å²) < 4.78 is 5.06. The lowest BCUT2D eigenvalue weighted by Gasteiger charge is -2.15. The molecule has 0 aromatic carbocycles. The van der Waals surface area contributed by atoms with E-state index in [1.54, 1.807) is 7.11 Å². The van der Waals surface area contributed by atoms with Crippen molar-refractivity contribution in [3.63, 3.8) is 0 Å². The second-order valence-electron chi connectivity index (χ2n) is 4.59. The molecule has 1 unspecified atom stereocenters. The monoisotopic (exact) mass is 237 g/mol. The van der Waals surface area contributed by atoms with E-state index in [0.29, 0.717) is 12.5 Å². The molecule has 0 spiro atoms. The normalized spacial score (nSPS) is 12.8. The van der Waals surface area contributed by atoms with Crippen molar-refractivity contribution < 1.29 is 4.74 Å². The van der Waals surface area contributed by atoms with Crippen LogP contribution in [0.4, 0.5) is 0 Å². The molecule has 0 bridgehead atoms. The van der Waals surface area contributed by atoms with E-state index in [2.05, 4.69) is 36.1 Å². The van der Waals surface area contributed by atoms with Gasteiger partial charge in [0.1, 0.15) is 6.61 Å². The maximum atomic E-state index is 5.06. The number of aryl methyl sites for hydroxylation is 2. The molecule has 4 heteroatoms. The first-order chi connectivity index (χ1) is 8.08. The van der Waals surface area contributed by atoms with Gasteiger partial charge in [-0.15, -0.1) is 0 Å². The molecule has 0 saturated carbocycles. The summed E-state index contributed by atoms with van der Waals surface area (Å²) in [6.45, 7) is 7.83. The summed E-state index contributed by atoms with van der Waals surface area (Å²) in [5.74, 6) is 1.36. The highest BCUT2D eigenvalue weighted by Gasteiger charge is 2.11. The van der Waals surface area contributed by atoms with Gasteiger partial charge in [0.05, 0.1) is 0 Å². The van der Waals surface area contributed by atoms with Crippen molar-refractivity contribution >= 4 is 0 Å². The molecule has 1 atom stereocenters. The first-order valence-electron chi connectivity index (χ1n) is 6.05. The van der Waals surface area contributed by atoms with Gasteiger partial charge in [-0.1, -0.05) is 6.92 Å². The van der Waals surface area contributed by atoms with E-state index in [4.69, 9.17) is 4.74 Å². The molecule has 0 aliphatic heterocycles. The molecule has 1 rings (SSSR count).